The molecule has 0 bridgehead atoms. The van der Waals surface area contributed by atoms with E-state index in [0.717, 1.165) is 23.0 Å². The highest BCUT2D eigenvalue weighted by molar-refractivity contribution is 7.21. The molecular weight excluding hydrogens is 451 g/mol. The number of nitrogens with zero attached hydrogens (tertiary/aromatic N) is 1. The molecule has 0 unspecified atom stereocenters. The minimum atomic E-state index is -4.68. The van der Waals surface area contributed by atoms with E-state index < -0.39 is 17.6 Å². The maximum Gasteiger partial charge on any atom is 0.417 e. The lowest BCUT2D eigenvalue weighted by atomic mass is 10.0. The summed E-state index contributed by atoms with van der Waals surface area (Å²) < 4.78 is 47.0. The van der Waals surface area contributed by atoms with E-state index in [-0.39, 0.29) is 32.5 Å². The molecule has 4 aromatic rings. The van der Waals surface area contributed by atoms with Crippen molar-refractivity contribution in [1.29, 1.82) is 0 Å². The van der Waals surface area contributed by atoms with E-state index in [1.165, 1.54) is 7.11 Å². The fourth-order valence-electron chi connectivity index (χ4n) is 3.51. The van der Waals surface area contributed by atoms with Crippen molar-refractivity contribution in [2.24, 2.45) is 0 Å². The van der Waals surface area contributed by atoms with Crippen molar-refractivity contribution in [3.05, 3.63) is 76.7 Å². The molecular formula is C24H20F3N3O2S. The molecule has 0 fully saturated rings. The van der Waals surface area contributed by atoms with Crippen molar-refractivity contribution in [2.45, 2.75) is 19.1 Å². The van der Waals surface area contributed by atoms with Crippen LogP contribution in [0.1, 0.15) is 33.8 Å². The van der Waals surface area contributed by atoms with Crippen molar-refractivity contribution < 1.29 is 22.7 Å². The van der Waals surface area contributed by atoms with Crippen LogP contribution in [0.15, 0.2) is 60.7 Å². The Hall–Kier alpha value is -3.59. The average Bonchev–Trinajstić information content (AvgIpc) is 3.15. The van der Waals surface area contributed by atoms with Gasteiger partial charge in [0.1, 0.15) is 15.5 Å². The van der Waals surface area contributed by atoms with Crippen LogP contribution >= 0.6 is 11.3 Å². The Bertz CT molecular complexity index is 1300. The third kappa shape index (κ3) is 4.49. The number of aromatic nitrogens is 1. The van der Waals surface area contributed by atoms with Crippen LogP contribution in [0.3, 0.4) is 0 Å². The molecule has 2 heterocycles. The van der Waals surface area contributed by atoms with Gasteiger partial charge in [-0.3, -0.25) is 4.79 Å². The van der Waals surface area contributed by atoms with Crippen molar-refractivity contribution in [2.75, 3.05) is 12.8 Å². The van der Waals surface area contributed by atoms with Crippen molar-refractivity contribution in [3.63, 3.8) is 0 Å². The van der Waals surface area contributed by atoms with Crippen LogP contribution in [0, 0.1) is 0 Å². The first-order chi connectivity index (χ1) is 15.7. The fraction of sp³-hybridized carbons (Fsp3) is 0.167. The lowest BCUT2D eigenvalue weighted by Crippen LogP contribution is -2.26. The molecule has 1 atom stereocenters. The summed E-state index contributed by atoms with van der Waals surface area (Å²) >= 11 is 0.843. The van der Waals surface area contributed by atoms with Crippen LogP contribution in [0.2, 0.25) is 0 Å². The van der Waals surface area contributed by atoms with E-state index >= 15 is 0 Å². The number of carbonyl (C=O) groups excluding carboxylic acids is 1. The van der Waals surface area contributed by atoms with Crippen molar-refractivity contribution in [1.82, 2.24) is 10.3 Å². The number of hydrogen-bond acceptors (Lipinski definition) is 5. The van der Waals surface area contributed by atoms with Gasteiger partial charge in [0.25, 0.3) is 5.91 Å². The Balaban J connectivity index is 1.78. The molecule has 0 aliphatic rings. The minimum absolute atomic E-state index is 0.00216. The Labute approximate surface area is 192 Å². The Morgan fingerprint density at radius 3 is 2.39 bits per heavy atom. The topological polar surface area (TPSA) is 77.2 Å². The predicted molar refractivity (Wildman–Crippen MR) is 123 cm³/mol. The van der Waals surface area contributed by atoms with E-state index in [1.54, 1.807) is 31.2 Å². The second-order valence-electron chi connectivity index (χ2n) is 7.41. The molecule has 5 nitrogen and oxygen atoms in total. The molecule has 0 saturated heterocycles. The highest BCUT2D eigenvalue weighted by Gasteiger charge is 2.36. The molecule has 170 valence electrons. The highest BCUT2D eigenvalue weighted by atomic mass is 32.1. The number of fused-ring (bicyclic) bond motifs is 1. The zero-order chi connectivity index (χ0) is 23.8. The fourth-order valence-corrected chi connectivity index (χ4v) is 4.53. The number of alkyl halides is 3. The molecule has 0 saturated carbocycles. The Kier molecular flexibility index (Phi) is 5.99. The largest absolute Gasteiger partial charge is 0.497 e. The van der Waals surface area contributed by atoms with Gasteiger partial charge < -0.3 is 15.8 Å². The molecule has 0 aliphatic carbocycles. The minimum Gasteiger partial charge on any atom is -0.497 e. The normalized spacial score (nSPS) is 12.5. The number of amides is 1. The third-order valence-electron chi connectivity index (χ3n) is 5.24. The van der Waals surface area contributed by atoms with Crippen LogP contribution < -0.4 is 15.8 Å². The molecule has 2 aromatic carbocycles. The molecule has 0 spiro atoms. The monoisotopic (exact) mass is 471 g/mol. The van der Waals surface area contributed by atoms with Crippen molar-refractivity contribution in [3.8, 4) is 17.0 Å². The molecule has 2 aromatic heterocycles. The van der Waals surface area contributed by atoms with Gasteiger partial charge in [-0.1, -0.05) is 30.3 Å². The van der Waals surface area contributed by atoms with Crippen LogP contribution in [-0.2, 0) is 6.18 Å². The van der Waals surface area contributed by atoms with Gasteiger partial charge in [-0.05, 0) is 42.8 Å². The number of thiophene rings is 1. The van der Waals surface area contributed by atoms with E-state index in [2.05, 4.69) is 10.3 Å². The highest BCUT2D eigenvalue weighted by Crippen LogP contribution is 2.43. The van der Waals surface area contributed by atoms with Gasteiger partial charge in [-0.2, -0.15) is 13.2 Å². The lowest BCUT2D eigenvalue weighted by molar-refractivity contribution is -0.136. The number of carbonyl (C=O) groups is 1. The summed E-state index contributed by atoms with van der Waals surface area (Å²) in [6.45, 7) is 1.79. The first kappa shape index (κ1) is 22.6. The second-order valence-corrected chi connectivity index (χ2v) is 8.41. The van der Waals surface area contributed by atoms with Crippen LogP contribution in [0.5, 0.6) is 5.75 Å². The number of hydrogen-bond donors (Lipinski definition) is 2. The number of halogens is 3. The van der Waals surface area contributed by atoms with Crippen molar-refractivity contribution >= 4 is 33.1 Å². The number of methoxy groups -OCH3 is 1. The molecule has 9 heteroatoms. The Morgan fingerprint density at radius 1 is 1.12 bits per heavy atom. The zero-order valence-electron chi connectivity index (χ0n) is 17.7. The van der Waals surface area contributed by atoms with E-state index in [9.17, 15) is 18.0 Å². The predicted octanol–water partition coefficient (Wildman–Crippen LogP) is 6.06. The smallest absolute Gasteiger partial charge is 0.417 e. The van der Waals surface area contributed by atoms with Gasteiger partial charge in [0, 0.05) is 10.9 Å². The summed E-state index contributed by atoms with van der Waals surface area (Å²) in [5.41, 5.74) is 6.39. The number of ether oxygens (including phenoxy) is 1. The Morgan fingerprint density at radius 2 is 1.79 bits per heavy atom. The molecule has 33 heavy (non-hydrogen) atoms. The number of pyridine rings is 1. The second kappa shape index (κ2) is 8.74. The summed E-state index contributed by atoms with van der Waals surface area (Å²) in [7, 11) is 1.50. The van der Waals surface area contributed by atoms with Gasteiger partial charge in [0.15, 0.2) is 0 Å². The molecule has 3 N–H and O–H groups in total. The first-order valence-corrected chi connectivity index (χ1v) is 10.8. The summed E-state index contributed by atoms with van der Waals surface area (Å²) in [6.07, 6.45) is -4.68. The van der Waals surface area contributed by atoms with E-state index in [1.807, 2.05) is 30.3 Å². The summed E-state index contributed by atoms with van der Waals surface area (Å²) in [4.78, 5) is 17.3. The zero-order valence-corrected chi connectivity index (χ0v) is 18.6. The SMILES string of the molecule is COc1ccc(-c2cc(C(F)(F)F)c3c(N)c(C(=O)N[C@H](C)c4ccccc4)sc3n2)cc1. The maximum absolute atomic E-state index is 14.0. The number of rotatable bonds is 5. The van der Waals surface area contributed by atoms with Crippen LogP contribution in [-0.4, -0.2) is 18.0 Å². The van der Waals surface area contributed by atoms with Gasteiger partial charge >= 0.3 is 6.18 Å². The summed E-state index contributed by atoms with van der Waals surface area (Å²) in [5, 5.41) is 2.54. The maximum atomic E-state index is 14.0. The van der Waals surface area contributed by atoms with Crippen LogP contribution in [0.4, 0.5) is 18.9 Å². The number of anilines is 1. The quantitative estimate of drug-likeness (QED) is 0.371. The van der Waals surface area contributed by atoms with Gasteiger partial charge in [0.05, 0.1) is 30.1 Å². The number of nitrogens with two attached hydrogens (primary N) is 1. The molecule has 0 aliphatic heterocycles. The van der Waals surface area contributed by atoms with Gasteiger partial charge in [0.2, 0.25) is 0 Å². The molecule has 0 radical (unpaired) electrons. The third-order valence-corrected chi connectivity index (χ3v) is 6.34. The van der Waals surface area contributed by atoms with E-state index in [4.69, 9.17) is 10.5 Å². The summed E-state index contributed by atoms with van der Waals surface area (Å²) in [5.74, 6) is 0.0220. The number of benzene rings is 2. The number of nitrogens with one attached hydrogen (secondary N) is 1. The van der Waals surface area contributed by atoms with Crippen LogP contribution in [0.25, 0.3) is 21.5 Å². The first-order valence-electron chi connectivity index (χ1n) is 9.99. The lowest BCUT2D eigenvalue weighted by Gasteiger charge is -2.14. The number of nitrogen functional groups attached to an aromatic ring is 1. The summed E-state index contributed by atoms with van der Waals surface area (Å²) in [6, 6.07) is 16.4. The van der Waals surface area contributed by atoms with E-state index in [0.29, 0.717) is 11.3 Å². The van der Waals surface area contributed by atoms with Gasteiger partial charge in [-0.15, -0.1) is 11.3 Å². The molecule has 1 amide bonds. The molecule has 4 rings (SSSR count). The standard InChI is InChI=1S/C24H20F3N3O2S/c1-13(14-6-4-3-5-7-14)29-22(31)21-20(28)19-17(24(25,26)27)12-18(30-23(19)33-21)15-8-10-16(32-2)11-9-15/h3-13H,28H2,1-2H3,(H,29,31)/t13-/m1/s1. The van der Waals surface area contributed by atoms with Gasteiger partial charge in [-0.25, -0.2) is 4.98 Å². The average molecular weight is 472 g/mol.